The third kappa shape index (κ3) is 2.01. The molecule has 0 aromatic rings. The maximum absolute atomic E-state index is 12.9. The SMILES string of the molecule is CC1=C2CC3C(=O)CC4C(C)(C)CCCC4(C)C3CC2OC1=O. The summed E-state index contributed by atoms with van der Waals surface area (Å²) in [5, 5.41) is 0. The average Bonchev–Trinajstić information content (AvgIpc) is 2.75. The molecule has 1 aliphatic heterocycles. The molecule has 3 fully saturated rings. The van der Waals surface area contributed by atoms with Crippen molar-refractivity contribution in [2.75, 3.05) is 0 Å². The predicted octanol–water partition coefficient (Wildman–Crippen LogP) is 4.06. The molecular formula is C20H28O3. The fourth-order valence-corrected chi connectivity index (χ4v) is 6.45. The maximum atomic E-state index is 12.9. The number of hydrogen-bond donors (Lipinski definition) is 0. The quantitative estimate of drug-likeness (QED) is 0.633. The molecule has 0 radical (unpaired) electrons. The minimum Gasteiger partial charge on any atom is -0.454 e. The Morgan fingerprint density at radius 1 is 1.09 bits per heavy atom. The van der Waals surface area contributed by atoms with Crippen LogP contribution in [-0.4, -0.2) is 17.9 Å². The van der Waals surface area contributed by atoms with E-state index in [0.717, 1.165) is 30.4 Å². The summed E-state index contributed by atoms with van der Waals surface area (Å²) in [6.07, 6.45) is 5.98. The van der Waals surface area contributed by atoms with Gasteiger partial charge in [0.15, 0.2) is 0 Å². The van der Waals surface area contributed by atoms with Gasteiger partial charge in [0.25, 0.3) is 0 Å². The van der Waals surface area contributed by atoms with Crippen molar-refractivity contribution in [1.29, 1.82) is 0 Å². The molecule has 3 heteroatoms. The van der Waals surface area contributed by atoms with Gasteiger partial charge in [-0.25, -0.2) is 4.79 Å². The van der Waals surface area contributed by atoms with E-state index in [9.17, 15) is 9.59 Å². The standard InChI is InChI=1S/C20H28O3/c1-11-12-8-13-14(9-16(12)23-18(11)22)20(4)7-5-6-19(2,3)17(20)10-15(13)21/h13-14,16-17H,5-10H2,1-4H3. The third-order valence-electron chi connectivity index (χ3n) is 7.76. The monoisotopic (exact) mass is 316 g/mol. The van der Waals surface area contributed by atoms with Crippen LogP contribution >= 0.6 is 0 Å². The Labute approximate surface area is 138 Å². The van der Waals surface area contributed by atoms with E-state index in [2.05, 4.69) is 20.8 Å². The molecule has 0 bridgehead atoms. The van der Waals surface area contributed by atoms with Gasteiger partial charge in [-0.3, -0.25) is 4.79 Å². The van der Waals surface area contributed by atoms with Gasteiger partial charge in [-0.15, -0.1) is 0 Å². The Hall–Kier alpha value is -1.12. The Morgan fingerprint density at radius 2 is 1.83 bits per heavy atom. The fourth-order valence-electron chi connectivity index (χ4n) is 6.45. The minimum atomic E-state index is -0.165. The van der Waals surface area contributed by atoms with Gasteiger partial charge in [-0.1, -0.05) is 27.2 Å². The first kappa shape index (κ1) is 15.4. The highest BCUT2D eigenvalue weighted by atomic mass is 16.5. The van der Waals surface area contributed by atoms with Gasteiger partial charge >= 0.3 is 5.97 Å². The summed E-state index contributed by atoms with van der Waals surface area (Å²) in [6.45, 7) is 8.97. The minimum absolute atomic E-state index is 0.0582. The van der Waals surface area contributed by atoms with Gasteiger partial charge < -0.3 is 4.74 Å². The van der Waals surface area contributed by atoms with Crippen LogP contribution in [0.25, 0.3) is 0 Å². The van der Waals surface area contributed by atoms with Crippen LogP contribution in [0, 0.1) is 28.6 Å². The number of esters is 1. The Kier molecular flexibility index (Phi) is 3.15. The van der Waals surface area contributed by atoms with E-state index in [4.69, 9.17) is 4.74 Å². The lowest BCUT2D eigenvalue weighted by Crippen LogP contribution is -2.56. The van der Waals surface area contributed by atoms with Crippen LogP contribution in [0.15, 0.2) is 11.1 Å². The summed E-state index contributed by atoms with van der Waals surface area (Å²) in [4.78, 5) is 24.9. The van der Waals surface area contributed by atoms with Crippen molar-refractivity contribution in [3.05, 3.63) is 11.1 Å². The first-order valence-corrected chi connectivity index (χ1v) is 9.17. The van der Waals surface area contributed by atoms with E-state index >= 15 is 0 Å². The van der Waals surface area contributed by atoms with Crippen LogP contribution in [0.5, 0.6) is 0 Å². The van der Waals surface area contributed by atoms with E-state index in [-0.39, 0.29) is 28.8 Å². The molecule has 0 saturated heterocycles. The predicted molar refractivity (Wildman–Crippen MR) is 87.6 cm³/mol. The normalized spacial score (nSPS) is 45.2. The van der Waals surface area contributed by atoms with Crippen LogP contribution in [0.1, 0.15) is 66.2 Å². The highest BCUT2D eigenvalue weighted by molar-refractivity contribution is 5.92. The number of hydrogen-bond acceptors (Lipinski definition) is 3. The second kappa shape index (κ2) is 4.70. The summed E-state index contributed by atoms with van der Waals surface area (Å²) in [7, 11) is 0. The molecule has 4 aliphatic rings. The molecule has 4 rings (SSSR count). The molecule has 3 aliphatic carbocycles. The smallest absolute Gasteiger partial charge is 0.334 e. The summed E-state index contributed by atoms with van der Waals surface area (Å²) < 4.78 is 5.61. The fraction of sp³-hybridized carbons (Fsp3) is 0.800. The van der Waals surface area contributed by atoms with Gasteiger partial charge in [0, 0.05) is 17.9 Å². The average molecular weight is 316 g/mol. The van der Waals surface area contributed by atoms with E-state index < -0.39 is 0 Å². The van der Waals surface area contributed by atoms with Crippen LogP contribution in [0.4, 0.5) is 0 Å². The number of ketones is 1. The van der Waals surface area contributed by atoms with Crippen LogP contribution in [0.3, 0.4) is 0 Å². The van der Waals surface area contributed by atoms with Crippen molar-refractivity contribution in [2.45, 2.75) is 72.3 Å². The molecule has 23 heavy (non-hydrogen) atoms. The Bertz CT molecular complexity index is 614. The summed E-state index contributed by atoms with van der Waals surface area (Å²) in [6, 6.07) is 0. The Morgan fingerprint density at radius 3 is 2.57 bits per heavy atom. The summed E-state index contributed by atoms with van der Waals surface area (Å²) in [5.41, 5.74) is 2.33. The van der Waals surface area contributed by atoms with Crippen molar-refractivity contribution in [2.24, 2.45) is 28.6 Å². The molecule has 0 amide bonds. The molecule has 126 valence electrons. The van der Waals surface area contributed by atoms with Crippen LogP contribution < -0.4 is 0 Å². The molecule has 5 atom stereocenters. The van der Waals surface area contributed by atoms with E-state index in [1.54, 1.807) is 0 Å². The topological polar surface area (TPSA) is 43.4 Å². The summed E-state index contributed by atoms with van der Waals surface area (Å²) >= 11 is 0. The third-order valence-corrected chi connectivity index (χ3v) is 7.76. The van der Waals surface area contributed by atoms with Crippen LogP contribution in [-0.2, 0) is 14.3 Å². The number of Topliss-reactive ketones (excluding diaryl/α,β-unsaturated/α-hetero) is 1. The molecular weight excluding hydrogens is 288 g/mol. The van der Waals surface area contributed by atoms with Crippen molar-refractivity contribution in [3.63, 3.8) is 0 Å². The summed E-state index contributed by atoms with van der Waals surface area (Å²) in [5.74, 6) is 1.23. The van der Waals surface area contributed by atoms with E-state index in [1.807, 2.05) is 6.92 Å². The lowest BCUT2D eigenvalue weighted by atomic mass is 9.44. The highest BCUT2D eigenvalue weighted by Crippen LogP contribution is 2.63. The first-order valence-electron chi connectivity index (χ1n) is 9.17. The van der Waals surface area contributed by atoms with Gasteiger partial charge in [0.05, 0.1) is 0 Å². The first-order chi connectivity index (χ1) is 10.7. The van der Waals surface area contributed by atoms with Crippen molar-refractivity contribution in [3.8, 4) is 0 Å². The molecule has 0 aromatic heterocycles. The second-order valence-corrected chi connectivity index (χ2v) is 9.27. The Balaban J connectivity index is 1.73. The molecule has 3 saturated carbocycles. The number of rotatable bonds is 0. The highest BCUT2D eigenvalue weighted by Gasteiger charge is 2.59. The van der Waals surface area contributed by atoms with Crippen molar-refractivity contribution >= 4 is 11.8 Å². The van der Waals surface area contributed by atoms with Gasteiger partial charge in [-0.2, -0.15) is 0 Å². The largest absolute Gasteiger partial charge is 0.454 e. The van der Waals surface area contributed by atoms with Gasteiger partial charge in [0.1, 0.15) is 11.9 Å². The molecule has 5 unspecified atom stereocenters. The zero-order valence-electron chi connectivity index (χ0n) is 14.8. The number of ether oxygens (including phenoxy) is 1. The van der Waals surface area contributed by atoms with Crippen molar-refractivity contribution < 1.29 is 14.3 Å². The zero-order valence-corrected chi connectivity index (χ0v) is 14.8. The molecule has 0 aromatic carbocycles. The van der Waals surface area contributed by atoms with E-state index in [0.29, 0.717) is 17.6 Å². The van der Waals surface area contributed by atoms with Crippen LogP contribution in [0.2, 0.25) is 0 Å². The van der Waals surface area contributed by atoms with Crippen molar-refractivity contribution in [1.82, 2.24) is 0 Å². The molecule has 3 nitrogen and oxygen atoms in total. The zero-order chi connectivity index (χ0) is 16.6. The maximum Gasteiger partial charge on any atom is 0.334 e. The lowest BCUT2D eigenvalue weighted by molar-refractivity contribution is -0.157. The van der Waals surface area contributed by atoms with Gasteiger partial charge in [-0.05, 0) is 60.8 Å². The number of carbonyl (C=O) groups excluding carboxylic acids is 2. The lowest BCUT2D eigenvalue weighted by Gasteiger charge is -2.60. The van der Waals surface area contributed by atoms with Gasteiger partial charge in [0.2, 0.25) is 0 Å². The molecule has 1 heterocycles. The molecule has 0 spiro atoms. The number of carbonyl (C=O) groups is 2. The number of fused-ring (bicyclic) bond motifs is 4. The van der Waals surface area contributed by atoms with E-state index in [1.165, 1.54) is 19.3 Å². The molecule has 0 N–H and O–H groups in total. The second-order valence-electron chi connectivity index (χ2n) is 9.27.